The van der Waals surface area contributed by atoms with Crippen LogP contribution in [0.5, 0.6) is 0 Å². The Morgan fingerprint density at radius 3 is 2.48 bits per heavy atom. The molecule has 2 aromatic rings. The molecule has 5 heteroatoms. The number of carbonyl (C=O) groups excluding carboxylic acids is 1. The summed E-state index contributed by atoms with van der Waals surface area (Å²) in [5.74, 6) is 0. The SMILES string of the molecule is CN(C(=O)OCc1ccccc1)C1CCCc2ccc(N3CCN(C4CCCC4)CC3)cc21. The molecule has 1 saturated carbocycles. The maximum atomic E-state index is 12.9. The van der Waals surface area contributed by atoms with Crippen LogP contribution in [0.2, 0.25) is 0 Å². The molecule has 33 heavy (non-hydrogen) atoms. The second-order valence-corrected chi connectivity index (χ2v) is 9.90. The highest BCUT2D eigenvalue weighted by Crippen LogP contribution is 2.37. The van der Waals surface area contributed by atoms with E-state index in [0.717, 1.165) is 57.0 Å². The van der Waals surface area contributed by atoms with E-state index in [9.17, 15) is 4.79 Å². The second-order valence-electron chi connectivity index (χ2n) is 9.90. The lowest BCUT2D eigenvalue weighted by molar-refractivity contribution is 0.0876. The maximum absolute atomic E-state index is 12.9. The van der Waals surface area contributed by atoms with E-state index >= 15 is 0 Å². The highest BCUT2D eigenvalue weighted by Gasteiger charge is 2.30. The molecule has 1 aliphatic heterocycles. The summed E-state index contributed by atoms with van der Waals surface area (Å²) >= 11 is 0. The van der Waals surface area contributed by atoms with Gasteiger partial charge in [-0.1, -0.05) is 49.2 Å². The molecular formula is C28H37N3O2. The van der Waals surface area contributed by atoms with Gasteiger partial charge in [-0.3, -0.25) is 4.90 Å². The summed E-state index contributed by atoms with van der Waals surface area (Å²) in [6.45, 7) is 4.83. The maximum Gasteiger partial charge on any atom is 0.410 e. The summed E-state index contributed by atoms with van der Waals surface area (Å²) in [5.41, 5.74) is 5.00. The molecule has 1 heterocycles. The largest absolute Gasteiger partial charge is 0.445 e. The number of fused-ring (bicyclic) bond motifs is 1. The van der Waals surface area contributed by atoms with Crippen molar-refractivity contribution in [1.82, 2.24) is 9.80 Å². The van der Waals surface area contributed by atoms with Crippen LogP contribution in [0.25, 0.3) is 0 Å². The minimum atomic E-state index is -0.243. The average molecular weight is 448 g/mol. The second kappa shape index (κ2) is 10.2. The van der Waals surface area contributed by atoms with Crippen molar-refractivity contribution >= 4 is 11.8 Å². The lowest BCUT2D eigenvalue weighted by Crippen LogP contribution is -2.49. The molecule has 1 saturated heterocycles. The van der Waals surface area contributed by atoms with E-state index in [1.165, 1.54) is 42.5 Å². The molecule has 1 amide bonds. The number of benzene rings is 2. The van der Waals surface area contributed by atoms with Gasteiger partial charge in [-0.15, -0.1) is 0 Å². The summed E-state index contributed by atoms with van der Waals surface area (Å²) in [6, 6.07) is 17.7. The molecule has 176 valence electrons. The third kappa shape index (κ3) is 5.03. The standard InChI is InChI=1S/C28H37N3O2/c1-29(28(32)33-21-22-8-3-2-4-9-22)27-13-7-10-23-14-15-25(20-26(23)27)31-18-16-30(17-19-31)24-11-5-6-12-24/h2-4,8-9,14-15,20,24,27H,5-7,10-13,16-19,21H2,1H3. The van der Waals surface area contributed by atoms with Crippen molar-refractivity contribution in [1.29, 1.82) is 0 Å². The Kier molecular flexibility index (Phi) is 6.86. The summed E-state index contributed by atoms with van der Waals surface area (Å²) < 4.78 is 5.64. The number of hydrogen-bond acceptors (Lipinski definition) is 4. The van der Waals surface area contributed by atoms with Crippen LogP contribution in [-0.2, 0) is 17.8 Å². The van der Waals surface area contributed by atoms with E-state index in [1.54, 1.807) is 0 Å². The van der Waals surface area contributed by atoms with Crippen LogP contribution < -0.4 is 4.90 Å². The molecule has 3 aliphatic rings. The number of ether oxygens (including phenoxy) is 1. The molecule has 1 unspecified atom stereocenters. The Balaban J connectivity index is 1.24. The molecule has 0 N–H and O–H groups in total. The third-order valence-electron chi connectivity index (χ3n) is 7.89. The van der Waals surface area contributed by atoms with Gasteiger partial charge in [0, 0.05) is 45.0 Å². The number of piperazine rings is 1. The normalized spacial score (nSPS) is 21.6. The van der Waals surface area contributed by atoms with Crippen LogP contribution in [0.4, 0.5) is 10.5 Å². The van der Waals surface area contributed by atoms with Gasteiger partial charge in [0.1, 0.15) is 6.61 Å². The van der Waals surface area contributed by atoms with Crippen molar-refractivity contribution < 1.29 is 9.53 Å². The topological polar surface area (TPSA) is 36.0 Å². The van der Waals surface area contributed by atoms with E-state index in [0.29, 0.717) is 6.61 Å². The van der Waals surface area contributed by atoms with Crippen LogP contribution in [0.1, 0.15) is 61.3 Å². The molecule has 2 aromatic carbocycles. The number of aryl methyl sites for hydroxylation is 1. The van der Waals surface area contributed by atoms with Gasteiger partial charge in [0.2, 0.25) is 0 Å². The molecule has 1 atom stereocenters. The summed E-state index contributed by atoms with van der Waals surface area (Å²) in [4.78, 5) is 19.9. The van der Waals surface area contributed by atoms with Crippen molar-refractivity contribution in [2.75, 3.05) is 38.1 Å². The Labute approximate surface area is 198 Å². The van der Waals surface area contributed by atoms with Gasteiger partial charge in [-0.2, -0.15) is 0 Å². The van der Waals surface area contributed by atoms with E-state index in [1.807, 2.05) is 42.3 Å². The minimum Gasteiger partial charge on any atom is -0.445 e. The first kappa shape index (κ1) is 22.3. The fourth-order valence-electron chi connectivity index (χ4n) is 5.92. The Morgan fingerprint density at radius 1 is 0.970 bits per heavy atom. The Hall–Kier alpha value is -2.53. The molecule has 5 rings (SSSR count). The number of anilines is 1. The Bertz CT molecular complexity index is 933. The molecule has 0 bridgehead atoms. The van der Waals surface area contributed by atoms with Crippen LogP contribution in [-0.4, -0.2) is 55.2 Å². The zero-order valence-corrected chi connectivity index (χ0v) is 19.9. The summed E-state index contributed by atoms with van der Waals surface area (Å²) in [6.07, 6.45) is 8.51. The first-order chi connectivity index (χ1) is 16.2. The quantitative estimate of drug-likeness (QED) is 0.615. The van der Waals surface area contributed by atoms with Gasteiger partial charge >= 0.3 is 6.09 Å². The first-order valence-electron chi connectivity index (χ1n) is 12.7. The number of amides is 1. The molecule has 2 aliphatic carbocycles. The third-order valence-corrected chi connectivity index (χ3v) is 7.89. The van der Waals surface area contributed by atoms with Gasteiger partial charge < -0.3 is 14.5 Å². The van der Waals surface area contributed by atoms with E-state index in [4.69, 9.17) is 4.74 Å². The smallest absolute Gasteiger partial charge is 0.410 e. The monoisotopic (exact) mass is 447 g/mol. The molecule has 5 nitrogen and oxygen atoms in total. The fourth-order valence-corrected chi connectivity index (χ4v) is 5.92. The zero-order chi connectivity index (χ0) is 22.6. The van der Waals surface area contributed by atoms with Crippen molar-refractivity contribution in [3.8, 4) is 0 Å². The van der Waals surface area contributed by atoms with Crippen LogP contribution >= 0.6 is 0 Å². The molecule has 0 aromatic heterocycles. The highest BCUT2D eigenvalue weighted by atomic mass is 16.6. The van der Waals surface area contributed by atoms with Crippen molar-refractivity contribution in [2.24, 2.45) is 0 Å². The number of hydrogen-bond donors (Lipinski definition) is 0. The van der Waals surface area contributed by atoms with Gasteiger partial charge in [-0.25, -0.2) is 4.79 Å². The van der Waals surface area contributed by atoms with Gasteiger partial charge in [0.15, 0.2) is 0 Å². The Morgan fingerprint density at radius 2 is 1.73 bits per heavy atom. The lowest BCUT2D eigenvalue weighted by Gasteiger charge is -2.40. The van der Waals surface area contributed by atoms with Gasteiger partial charge in [0.05, 0.1) is 6.04 Å². The van der Waals surface area contributed by atoms with Crippen LogP contribution in [0.15, 0.2) is 48.5 Å². The van der Waals surface area contributed by atoms with Gasteiger partial charge in [-0.05, 0) is 60.9 Å². The number of nitrogens with zero attached hydrogens (tertiary/aromatic N) is 3. The van der Waals surface area contributed by atoms with E-state index in [-0.39, 0.29) is 12.1 Å². The van der Waals surface area contributed by atoms with E-state index < -0.39 is 0 Å². The van der Waals surface area contributed by atoms with Crippen LogP contribution in [0, 0.1) is 0 Å². The van der Waals surface area contributed by atoms with Gasteiger partial charge in [0.25, 0.3) is 0 Å². The predicted molar refractivity (Wildman–Crippen MR) is 133 cm³/mol. The number of carbonyl (C=O) groups is 1. The van der Waals surface area contributed by atoms with E-state index in [2.05, 4.69) is 28.0 Å². The van der Waals surface area contributed by atoms with Crippen LogP contribution in [0.3, 0.4) is 0 Å². The fraction of sp³-hybridized carbons (Fsp3) is 0.536. The van der Waals surface area contributed by atoms with Crippen molar-refractivity contribution in [3.05, 3.63) is 65.2 Å². The first-order valence-corrected chi connectivity index (χ1v) is 12.7. The highest BCUT2D eigenvalue weighted by molar-refractivity contribution is 5.68. The zero-order valence-electron chi connectivity index (χ0n) is 19.9. The average Bonchev–Trinajstić information content (AvgIpc) is 3.42. The number of rotatable bonds is 5. The summed E-state index contributed by atoms with van der Waals surface area (Å²) in [7, 11) is 1.89. The minimum absolute atomic E-state index is 0.0803. The molecule has 0 spiro atoms. The summed E-state index contributed by atoms with van der Waals surface area (Å²) in [5, 5.41) is 0. The molecule has 2 fully saturated rings. The lowest BCUT2D eigenvalue weighted by atomic mass is 9.86. The molecule has 0 radical (unpaired) electrons. The molecular weight excluding hydrogens is 410 g/mol. The van der Waals surface area contributed by atoms with Crippen molar-refractivity contribution in [3.63, 3.8) is 0 Å². The van der Waals surface area contributed by atoms with Crippen molar-refractivity contribution in [2.45, 2.75) is 63.6 Å². The predicted octanol–water partition coefficient (Wildman–Crippen LogP) is 5.40.